The van der Waals surface area contributed by atoms with E-state index in [9.17, 15) is 15.0 Å². The molecule has 1 heterocycles. The number of benzene rings is 2. The van der Waals surface area contributed by atoms with Gasteiger partial charge in [0.1, 0.15) is 11.5 Å². The minimum Gasteiger partial charge on any atom is -0.508 e. The molecule has 0 aliphatic rings. The molecule has 8 nitrogen and oxygen atoms in total. The number of amides is 1. The van der Waals surface area contributed by atoms with Crippen LogP contribution in [-0.4, -0.2) is 42.9 Å². The zero-order valence-corrected chi connectivity index (χ0v) is 15.9. The number of hydrogen-bond acceptors (Lipinski definition) is 7. The fraction of sp³-hybridized carbons (Fsp3) is 0.158. The average Bonchev–Trinajstić information content (AvgIpc) is 3.11. The molecule has 0 aliphatic heterocycles. The van der Waals surface area contributed by atoms with Crippen molar-refractivity contribution in [2.75, 3.05) is 5.75 Å². The highest BCUT2D eigenvalue weighted by molar-refractivity contribution is 7.99. The second kappa shape index (κ2) is 9.05. The summed E-state index contributed by atoms with van der Waals surface area (Å²) < 4.78 is 1.95. The fourth-order valence-corrected chi connectivity index (χ4v) is 3.25. The smallest absolute Gasteiger partial charge is 0.250 e. The average molecular weight is 397 g/mol. The Morgan fingerprint density at radius 1 is 1.21 bits per heavy atom. The van der Waals surface area contributed by atoms with E-state index in [1.807, 2.05) is 41.8 Å². The number of aromatic hydroxyl groups is 2. The summed E-state index contributed by atoms with van der Waals surface area (Å²) in [5, 5.41) is 31.8. The van der Waals surface area contributed by atoms with Gasteiger partial charge in [-0.05, 0) is 19.1 Å². The minimum absolute atomic E-state index is 0.0509. The fourth-order valence-electron chi connectivity index (χ4n) is 2.46. The summed E-state index contributed by atoms with van der Waals surface area (Å²) in [5.41, 5.74) is 3.74. The number of carbonyl (C=O) groups excluding carboxylic acids is 1. The molecular weight excluding hydrogens is 378 g/mol. The van der Waals surface area contributed by atoms with E-state index in [1.54, 1.807) is 0 Å². The van der Waals surface area contributed by atoms with Crippen molar-refractivity contribution in [3.63, 3.8) is 0 Å². The lowest BCUT2D eigenvalue weighted by atomic mass is 10.2. The molecule has 0 spiro atoms. The highest BCUT2D eigenvalue weighted by atomic mass is 32.2. The lowest BCUT2D eigenvalue weighted by Gasteiger charge is -2.06. The number of rotatable bonds is 7. The number of carbonyl (C=O) groups is 1. The molecule has 1 aromatic heterocycles. The molecule has 2 aromatic carbocycles. The van der Waals surface area contributed by atoms with Crippen LogP contribution in [0.25, 0.3) is 11.4 Å². The summed E-state index contributed by atoms with van der Waals surface area (Å²) in [5.74, 6) is 0.381. The Morgan fingerprint density at radius 2 is 2.00 bits per heavy atom. The van der Waals surface area contributed by atoms with Crippen LogP contribution in [0.3, 0.4) is 0 Å². The van der Waals surface area contributed by atoms with E-state index in [0.717, 1.165) is 11.4 Å². The SMILES string of the molecule is CCn1c(SCC(=O)N/N=C/c2ccc(O)cc2O)nnc1-c1ccccc1. The molecule has 3 rings (SSSR count). The third-order valence-corrected chi connectivity index (χ3v) is 4.77. The van der Waals surface area contributed by atoms with Gasteiger partial charge in [-0.25, -0.2) is 5.43 Å². The van der Waals surface area contributed by atoms with Crippen LogP contribution < -0.4 is 5.43 Å². The van der Waals surface area contributed by atoms with Crippen LogP contribution >= 0.6 is 11.8 Å². The predicted molar refractivity (Wildman–Crippen MR) is 107 cm³/mol. The molecular formula is C19H19N5O3S. The molecule has 0 aliphatic carbocycles. The number of nitrogens with zero attached hydrogens (tertiary/aromatic N) is 4. The highest BCUT2D eigenvalue weighted by Crippen LogP contribution is 2.23. The van der Waals surface area contributed by atoms with E-state index >= 15 is 0 Å². The summed E-state index contributed by atoms with van der Waals surface area (Å²) in [6.45, 7) is 2.67. The molecule has 144 valence electrons. The maximum Gasteiger partial charge on any atom is 0.250 e. The Hall–Kier alpha value is -3.33. The Morgan fingerprint density at radius 3 is 2.71 bits per heavy atom. The second-order valence-electron chi connectivity index (χ2n) is 5.74. The Kier molecular flexibility index (Phi) is 6.28. The number of thioether (sulfide) groups is 1. The second-order valence-corrected chi connectivity index (χ2v) is 6.68. The number of hydrogen-bond donors (Lipinski definition) is 3. The van der Waals surface area contributed by atoms with Crippen molar-refractivity contribution >= 4 is 23.9 Å². The van der Waals surface area contributed by atoms with Crippen molar-refractivity contribution in [1.29, 1.82) is 0 Å². The zero-order valence-electron chi connectivity index (χ0n) is 15.1. The van der Waals surface area contributed by atoms with Crippen molar-refractivity contribution in [3.05, 3.63) is 54.1 Å². The number of hydrazone groups is 1. The molecule has 0 atom stereocenters. The van der Waals surface area contributed by atoms with Crippen LogP contribution in [-0.2, 0) is 11.3 Å². The Labute approximate surface area is 165 Å². The van der Waals surface area contributed by atoms with E-state index in [4.69, 9.17) is 0 Å². The molecule has 0 radical (unpaired) electrons. The summed E-state index contributed by atoms with van der Waals surface area (Å²) in [7, 11) is 0. The molecule has 28 heavy (non-hydrogen) atoms. The van der Waals surface area contributed by atoms with Gasteiger partial charge in [0.15, 0.2) is 11.0 Å². The van der Waals surface area contributed by atoms with Crippen molar-refractivity contribution in [2.24, 2.45) is 5.10 Å². The lowest BCUT2D eigenvalue weighted by Crippen LogP contribution is -2.20. The van der Waals surface area contributed by atoms with Crippen molar-refractivity contribution in [2.45, 2.75) is 18.6 Å². The highest BCUT2D eigenvalue weighted by Gasteiger charge is 2.14. The third kappa shape index (κ3) is 4.68. The quantitative estimate of drug-likeness (QED) is 0.321. The van der Waals surface area contributed by atoms with Crippen molar-refractivity contribution < 1.29 is 15.0 Å². The van der Waals surface area contributed by atoms with Gasteiger partial charge in [-0.15, -0.1) is 10.2 Å². The third-order valence-electron chi connectivity index (χ3n) is 3.80. The van der Waals surface area contributed by atoms with E-state index in [2.05, 4.69) is 20.7 Å². The topological polar surface area (TPSA) is 113 Å². The molecule has 0 saturated carbocycles. The van der Waals surface area contributed by atoms with Crippen LogP contribution in [0.5, 0.6) is 11.5 Å². The van der Waals surface area contributed by atoms with Crippen molar-refractivity contribution in [3.8, 4) is 22.9 Å². The molecule has 0 unspecified atom stereocenters. The molecule has 0 bridgehead atoms. The minimum atomic E-state index is -0.313. The molecule has 0 saturated heterocycles. The van der Waals surface area contributed by atoms with E-state index < -0.39 is 0 Å². The summed E-state index contributed by atoms with van der Waals surface area (Å²) in [6, 6.07) is 13.8. The summed E-state index contributed by atoms with van der Waals surface area (Å²) >= 11 is 1.27. The number of nitrogens with one attached hydrogen (secondary N) is 1. The van der Waals surface area contributed by atoms with Gasteiger partial charge in [0, 0.05) is 23.7 Å². The first-order chi connectivity index (χ1) is 13.6. The van der Waals surface area contributed by atoms with Crippen molar-refractivity contribution in [1.82, 2.24) is 20.2 Å². The van der Waals surface area contributed by atoms with E-state index in [1.165, 1.54) is 36.2 Å². The van der Waals surface area contributed by atoms with E-state index in [-0.39, 0.29) is 23.2 Å². The molecule has 9 heteroatoms. The van der Waals surface area contributed by atoms with Gasteiger partial charge < -0.3 is 14.8 Å². The number of phenolic OH excluding ortho intramolecular Hbond substituents is 2. The monoisotopic (exact) mass is 397 g/mol. The number of phenols is 2. The normalized spacial score (nSPS) is 11.0. The van der Waals surface area contributed by atoms with Gasteiger partial charge in [-0.2, -0.15) is 5.10 Å². The Balaban J connectivity index is 1.59. The summed E-state index contributed by atoms with van der Waals surface area (Å²) in [4.78, 5) is 12.0. The Bertz CT molecular complexity index is 988. The van der Waals surface area contributed by atoms with Crippen LogP contribution in [0.15, 0.2) is 58.8 Å². The first kappa shape index (κ1) is 19.4. The number of aromatic nitrogens is 3. The lowest BCUT2D eigenvalue weighted by molar-refractivity contribution is -0.118. The van der Waals surface area contributed by atoms with Crippen LogP contribution in [0, 0.1) is 0 Å². The summed E-state index contributed by atoms with van der Waals surface area (Å²) in [6.07, 6.45) is 1.30. The first-order valence-electron chi connectivity index (χ1n) is 8.53. The molecule has 0 fully saturated rings. The standard InChI is InChI=1S/C19H19N5O3S/c1-2-24-18(13-6-4-3-5-7-13)22-23-19(24)28-12-17(27)21-20-11-14-8-9-15(25)10-16(14)26/h3-11,25-26H,2,12H2,1H3,(H,21,27)/b20-11+. The largest absolute Gasteiger partial charge is 0.508 e. The van der Waals surface area contributed by atoms with Crippen LogP contribution in [0.2, 0.25) is 0 Å². The van der Waals surface area contributed by atoms with Crippen LogP contribution in [0.1, 0.15) is 12.5 Å². The van der Waals surface area contributed by atoms with Gasteiger partial charge >= 0.3 is 0 Å². The maximum atomic E-state index is 12.0. The van der Waals surface area contributed by atoms with Gasteiger partial charge in [0.25, 0.3) is 5.91 Å². The van der Waals surface area contributed by atoms with Gasteiger partial charge in [0.05, 0.1) is 12.0 Å². The zero-order chi connectivity index (χ0) is 19.9. The first-order valence-corrected chi connectivity index (χ1v) is 9.52. The van der Waals surface area contributed by atoms with Gasteiger partial charge in [-0.1, -0.05) is 42.1 Å². The predicted octanol–water partition coefficient (Wildman–Crippen LogP) is 2.62. The maximum absolute atomic E-state index is 12.0. The molecule has 3 aromatic rings. The molecule has 1 amide bonds. The van der Waals surface area contributed by atoms with E-state index in [0.29, 0.717) is 17.3 Å². The molecule has 3 N–H and O–H groups in total. The van der Waals surface area contributed by atoms with Gasteiger partial charge in [0.2, 0.25) is 0 Å². The van der Waals surface area contributed by atoms with Crippen LogP contribution in [0.4, 0.5) is 0 Å². The van der Waals surface area contributed by atoms with Gasteiger partial charge in [-0.3, -0.25) is 4.79 Å².